The molecule has 15 heteroatoms. The first kappa shape index (κ1) is 35.4. The summed E-state index contributed by atoms with van der Waals surface area (Å²) in [6, 6.07) is 5.96. The smallest absolute Gasteiger partial charge is 0.409 e. The molecule has 1 aromatic carbocycles. The van der Waals surface area contributed by atoms with Gasteiger partial charge in [0, 0.05) is 69.1 Å². The molecule has 0 unspecified atom stereocenters. The van der Waals surface area contributed by atoms with Gasteiger partial charge in [0.15, 0.2) is 6.61 Å². The highest BCUT2D eigenvalue weighted by molar-refractivity contribution is 5.99. The van der Waals surface area contributed by atoms with E-state index >= 15 is 0 Å². The molecule has 3 fully saturated rings. The average molecular weight is 681 g/mol. The van der Waals surface area contributed by atoms with Gasteiger partial charge >= 0.3 is 12.1 Å². The van der Waals surface area contributed by atoms with Gasteiger partial charge in [0.25, 0.3) is 11.8 Å². The van der Waals surface area contributed by atoms with Crippen molar-refractivity contribution in [2.75, 3.05) is 52.5 Å². The van der Waals surface area contributed by atoms with Crippen LogP contribution in [0.5, 0.6) is 5.75 Å². The molecule has 49 heavy (non-hydrogen) atoms. The number of carbonyl (C=O) groups excluding carboxylic acids is 5. The number of aromatic nitrogens is 1. The van der Waals surface area contributed by atoms with Gasteiger partial charge < -0.3 is 39.9 Å². The maximum atomic E-state index is 13.6. The zero-order valence-electron chi connectivity index (χ0n) is 27.9. The first-order valence-electron chi connectivity index (χ1n) is 16.9. The molecule has 3 heterocycles. The largest absolute Gasteiger partial charge is 0.483 e. The zero-order chi connectivity index (χ0) is 35.1. The number of amides is 5. The van der Waals surface area contributed by atoms with Crippen molar-refractivity contribution in [1.29, 1.82) is 0 Å². The van der Waals surface area contributed by atoms with Crippen molar-refractivity contribution in [3.63, 3.8) is 0 Å². The maximum absolute atomic E-state index is 13.6. The van der Waals surface area contributed by atoms with Crippen LogP contribution in [0.25, 0.3) is 10.9 Å². The predicted octanol–water partition coefficient (Wildman–Crippen LogP) is 1.70. The van der Waals surface area contributed by atoms with E-state index in [1.54, 1.807) is 24.0 Å². The normalized spacial score (nSPS) is 17.3. The minimum Gasteiger partial charge on any atom is -0.483 e. The highest BCUT2D eigenvalue weighted by Crippen LogP contribution is 2.28. The van der Waals surface area contributed by atoms with Crippen LogP contribution in [0.1, 0.15) is 61.5 Å². The fourth-order valence-corrected chi connectivity index (χ4v) is 6.01. The van der Waals surface area contributed by atoms with E-state index in [9.17, 15) is 33.9 Å². The van der Waals surface area contributed by atoms with Crippen molar-refractivity contribution in [3.05, 3.63) is 35.5 Å². The second-order valence-electron chi connectivity index (χ2n) is 12.7. The number of carbonyl (C=O) groups is 6. The Hall–Kier alpha value is -4.95. The number of carboxylic acid groups (broad SMARTS) is 1. The molecule has 5 rings (SSSR count). The number of carboxylic acids is 1. The number of piperazine rings is 1. The van der Waals surface area contributed by atoms with Gasteiger partial charge in [-0.1, -0.05) is 6.07 Å². The minimum absolute atomic E-state index is 0.0543. The number of rotatable bonds is 12. The molecule has 3 N–H and O–H groups in total. The van der Waals surface area contributed by atoms with Gasteiger partial charge in [-0.25, -0.2) is 9.78 Å². The Morgan fingerprint density at radius 1 is 0.939 bits per heavy atom. The Morgan fingerprint density at radius 3 is 2.29 bits per heavy atom. The van der Waals surface area contributed by atoms with Crippen molar-refractivity contribution < 1.29 is 43.3 Å². The first-order valence-corrected chi connectivity index (χ1v) is 16.9. The van der Waals surface area contributed by atoms with Crippen molar-refractivity contribution in [1.82, 2.24) is 30.3 Å². The van der Waals surface area contributed by atoms with Crippen LogP contribution in [0.15, 0.2) is 24.3 Å². The van der Waals surface area contributed by atoms with E-state index in [0.717, 1.165) is 18.4 Å². The number of likely N-dealkylation sites (tertiary alicyclic amines) is 1. The van der Waals surface area contributed by atoms with Crippen molar-refractivity contribution >= 4 is 46.6 Å². The number of ether oxygens (including phenoxy) is 2. The van der Waals surface area contributed by atoms with E-state index in [1.807, 2.05) is 13.0 Å². The first-order chi connectivity index (χ1) is 23.5. The molecule has 0 radical (unpaired) electrons. The van der Waals surface area contributed by atoms with Crippen LogP contribution in [0.3, 0.4) is 0 Å². The second-order valence-corrected chi connectivity index (χ2v) is 12.7. The highest BCUT2D eigenvalue weighted by Gasteiger charge is 2.33. The minimum atomic E-state index is -1.16. The number of fused-ring (bicyclic) bond motifs is 1. The Bertz CT molecular complexity index is 1580. The Kier molecular flexibility index (Phi) is 11.5. The zero-order valence-corrected chi connectivity index (χ0v) is 27.9. The van der Waals surface area contributed by atoms with Crippen molar-refractivity contribution in [2.45, 2.75) is 64.5 Å². The molecular formula is C34H44N6O9. The lowest BCUT2D eigenvalue weighted by Gasteiger charge is -2.35. The SMILES string of the molecule is CCOC(=O)N1CCN(C(=O)[C@H](CCC(=O)O)NC(=O)c2cc(OCC(=O)N3CCC(C(=O)NC4CC4)CC3)c3ccc(C)cc3n2)CC1. The second kappa shape index (κ2) is 16.0. The van der Waals surface area contributed by atoms with E-state index < -0.39 is 29.9 Å². The van der Waals surface area contributed by atoms with Gasteiger partial charge in [-0.05, 0) is 63.6 Å². The predicted molar refractivity (Wildman–Crippen MR) is 176 cm³/mol. The van der Waals surface area contributed by atoms with Crippen molar-refractivity contribution in [2.24, 2.45) is 5.92 Å². The third kappa shape index (κ3) is 9.36. The fraction of sp³-hybridized carbons (Fsp3) is 0.559. The van der Waals surface area contributed by atoms with Crippen LogP contribution in [-0.4, -0.2) is 125 Å². The molecular weight excluding hydrogens is 636 g/mol. The highest BCUT2D eigenvalue weighted by atomic mass is 16.6. The molecule has 1 saturated carbocycles. The van der Waals surface area contributed by atoms with Crippen LogP contribution in [-0.2, 0) is 23.9 Å². The molecule has 1 aromatic heterocycles. The van der Waals surface area contributed by atoms with Crippen LogP contribution in [0.4, 0.5) is 4.79 Å². The van der Waals surface area contributed by atoms with Gasteiger partial charge in [-0.15, -0.1) is 0 Å². The summed E-state index contributed by atoms with van der Waals surface area (Å²) in [5.74, 6) is -2.34. The lowest BCUT2D eigenvalue weighted by atomic mass is 9.96. The summed E-state index contributed by atoms with van der Waals surface area (Å²) in [7, 11) is 0. The standard InChI is InChI=1S/C34H44N6O9/c1-3-48-34(47)40-16-14-39(15-17-40)33(46)25(8-9-30(42)43)37-32(45)27-19-28(24-7-4-21(2)18-26(24)36-27)49-20-29(41)38-12-10-22(11-13-38)31(44)35-23-5-6-23/h4,7,18-19,22-23,25H,3,5-6,8-17,20H2,1-2H3,(H,35,44)(H,37,45)(H,42,43)/t25-/m0/s1. The molecule has 5 amide bonds. The van der Waals surface area contributed by atoms with Crippen LogP contribution in [0.2, 0.25) is 0 Å². The fourth-order valence-electron chi connectivity index (χ4n) is 6.01. The quantitative estimate of drug-likeness (QED) is 0.298. The average Bonchev–Trinajstić information content (AvgIpc) is 3.92. The Labute approximate surface area is 284 Å². The molecule has 264 valence electrons. The summed E-state index contributed by atoms with van der Waals surface area (Å²) in [4.78, 5) is 85.3. The summed E-state index contributed by atoms with van der Waals surface area (Å²) in [6.07, 6.45) is 2.22. The molecule has 15 nitrogen and oxygen atoms in total. The molecule has 1 aliphatic carbocycles. The summed E-state index contributed by atoms with van der Waals surface area (Å²) in [5, 5.41) is 15.6. The topological polar surface area (TPSA) is 188 Å². The summed E-state index contributed by atoms with van der Waals surface area (Å²) < 4.78 is 11.0. The number of aliphatic carboxylic acids is 1. The van der Waals surface area contributed by atoms with Gasteiger partial charge in [0.1, 0.15) is 17.5 Å². The van der Waals surface area contributed by atoms with E-state index in [-0.39, 0.29) is 81.4 Å². The monoisotopic (exact) mass is 680 g/mol. The van der Waals surface area contributed by atoms with E-state index in [4.69, 9.17) is 9.47 Å². The number of pyridine rings is 1. The Morgan fingerprint density at radius 2 is 1.63 bits per heavy atom. The van der Waals surface area contributed by atoms with Gasteiger partial charge in [0.2, 0.25) is 11.8 Å². The summed E-state index contributed by atoms with van der Waals surface area (Å²) in [6.45, 7) is 5.27. The lowest BCUT2D eigenvalue weighted by molar-refractivity contribution is -0.138. The number of hydrogen-bond acceptors (Lipinski definition) is 9. The molecule has 1 atom stereocenters. The number of hydrogen-bond donors (Lipinski definition) is 3. The third-order valence-corrected chi connectivity index (χ3v) is 9.02. The molecule has 0 spiro atoms. The molecule has 2 aliphatic heterocycles. The van der Waals surface area contributed by atoms with Crippen LogP contribution in [0, 0.1) is 12.8 Å². The summed E-state index contributed by atoms with van der Waals surface area (Å²) >= 11 is 0. The summed E-state index contributed by atoms with van der Waals surface area (Å²) in [5.41, 5.74) is 1.26. The van der Waals surface area contributed by atoms with Gasteiger partial charge in [0.05, 0.1) is 12.1 Å². The van der Waals surface area contributed by atoms with E-state index in [2.05, 4.69) is 15.6 Å². The van der Waals surface area contributed by atoms with Gasteiger partial charge in [-0.2, -0.15) is 0 Å². The van der Waals surface area contributed by atoms with Crippen molar-refractivity contribution in [3.8, 4) is 5.75 Å². The maximum Gasteiger partial charge on any atom is 0.409 e. The number of aryl methyl sites for hydroxylation is 1. The lowest BCUT2D eigenvalue weighted by Crippen LogP contribution is -2.56. The number of nitrogens with zero attached hydrogens (tertiary/aromatic N) is 4. The molecule has 2 aromatic rings. The number of piperidine rings is 1. The van der Waals surface area contributed by atoms with E-state index in [1.165, 1.54) is 15.9 Å². The Balaban J connectivity index is 1.25. The third-order valence-electron chi connectivity index (χ3n) is 9.02. The number of benzene rings is 1. The molecule has 2 saturated heterocycles. The van der Waals surface area contributed by atoms with E-state index in [0.29, 0.717) is 42.9 Å². The van der Waals surface area contributed by atoms with Gasteiger partial charge in [-0.3, -0.25) is 24.0 Å². The number of nitrogens with one attached hydrogen (secondary N) is 2. The van der Waals surface area contributed by atoms with Crippen LogP contribution >= 0.6 is 0 Å². The molecule has 0 bridgehead atoms. The molecule has 3 aliphatic rings. The van der Waals surface area contributed by atoms with Crippen LogP contribution < -0.4 is 15.4 Å².